The van der Waals surface area contributed by atoms with Crippen molar-refractivity contribution in [3.8, 4) is 0 Å². The summed E-state index contributed by atoms with van der Waals surface area (Å²) in [7, 11) is 0. The summed E-state index contributed by atoms with van der Waals surface area (Å²) in [6.07, 6.45) is -2.87. The molecule has 0 aromatic heterocycles. The van der Waals surface area contributed by atoms with Gasteiger partial charge in [-0.3, -0.25) is 0 Å². The van der Waals surface area contributed by atoms with Crippen molar-refractivity contribution in [3.05, 3.63) is 34.3 Å². The number of aliphatic hydroxyl groups is 1. The average Bonchev–Trinajstić information content (AvgIpc) is 2.68. The molecule has 0 heterocycles. The third-order valence-electron chi connectivity index (χ3n) is 3.05. The Morgan fingerprint density at radius 2 is 2.05 bits per heavy atom. The molecule has 1 aromatic rings. The number of alkyl halides is 2. The van der Waals surface area contributed by atoms with E-state index in [1.807, 2.05) is 0 Å². The maximum atomic E-state index is 13.0. The number of carbonyl (C=O) groups excluding carboxylic acids is 1. The highest BCUT2D eigenvalue weighted by Crippen LogP contribution is 2.36. The Hall–Kier alpha value is -1.01. The molecule has 6 heteroatoms. The van der Waals surface area contributed by atoms with Crippen LogP contribution in [0.1, 0.15) is 30.9 Å². The number of esters is 1. The predicted octanol–water partition coefficient (Wildman–Crippen LogP) is 3.21. The van der Waals surface area contributed by atoms with Gasteiger partial charge in [0.25, 0.3) is 5.92 Å². The molecule has 1 fully saturated rings. The Labute approximate surface area is 117 Å². The molecule has 104 valence electrons. The SMILES string of the molecule is O=C(OC1CCC(F)(F)C1)C(O)c1ccc(Br)cc1. The smallest absolute Gasteiger partial charge is 0.339 e. The number of halogens is 3. The van der Waals surface area contributed by atoms with Gasteiger partial charge in [-0.05, 0) is 24.1 Å². The van der Waals surface area contributed by atoms with E-state index in [0.29, 0.717) is 5.56 Å². The van der Waals surface area contributed by atoms with E-state index in [2.05, 4.69) is 15.9 Å². The van der Waals surface area contributed by atoms with Gasteiger partial charge in [-0.2, -0.15) is 0 Å². The van der Waals surface area contributed by atoms with Crippen molar-refractivity contribution in [1.82, 2.24) is 0 Å². The number of hydrogen-bond acceptors (Lipinski definition) is 3. The molecule has 0 aliphatic heterocycles. The summed E-state index contributed by atoms with van der Waals surface area (Å²) in [5, 5.41) is 9.79. The molecule has 0 spiro atoms. The van der Waals surface area contributed by atoms with E-state index in [1.54, 1.807) is 24.3 Å². The molecular formula is C13H13BrF2O3. The quantitative estimate of drug-likeness (QED) is 0.863. The van der Waals surface area contributed by atoms with Crippen molar-refractivity contribution >= 4 is 21.9 Å². The Morgan fingerprint density at radius 1 is 1.42 bits per heavy atom. The maximum absolute atomic E-state index is 13.0. The second kappa shape index (κ2) is 5.54. The lowest BCUT2D eigenvalue weighted by Crippen LogP contribution is -2.22. The fourth-order valence-corrected chi connectivity index (χ4v) is 2.28. The molecule has 0 bridgehead atoms. The molecule has 2 unspecified atom stereocenters. The largest absolute Gasteiger partial charge is 0.460 e. The molecule has 1 aliphatic rings. The molecule has 1 aliphatic carbocycles. The Balaban J connectivity index is 1.95. The summed E-state index contributed by atoms with van der Waals surface area (Å²) >= 11 is 3.23. The van der Waals surface area contributed by atoms with E-state index >= 15 is 0 Å². The van der Waals surface area contributed by atoms with Crippen LogP contribution in [0.3, 0.4) is 0 Å². The standard InChI is InChI=1S/C13H13BrF2O3/c14-9-3-1-8(2-4-9)11(17)12(18)19-10-5-6-13(15,16)7-10/h1-4,10-11,17H,5-7H2. The van der Waals surface area contributed by atoms with Crippen LogP contribution in [0.25, 0.3) is 0 Å². The van der Waals surface area contributed by atoms with Crippen LogP contribution in [0.5, 0.6) is 0 Å². The van der Waals surface area contributed by atoms with Gasteiger partial charge in [-0.15, -0.1) is 0 Å². The van der Waals surface area contributed by atoms with Crippen LogP contribution in [0.2, 0.25) is 0 Å². The van der Waals surface area contributed by atoms with E-state index < -0.39 is 30.5 Å². The van der Waals surface area contributed by atoms with E-state index in [0.717, 1.165) is 4.47 Å². The van der Waals surface area contributed by atoms with Crippen molar-refractivity contribution in [2.24, 2.45) is 0 Å². The van der Waals surface area contributed by atoms with E-state index in [9.17, 15) is 18.7 Å². The summed E-state index contributed by atoms with van der Waals surface area (Å²) in [4.78, 5) is 11.7. The van der Waals surface area contributed by atoms with Gasteiger partial charge in [-0.25, -0.2) is 13.6 Å². The first-order chi connectivity index (χ1) is 8.87. The molecule has 2 atom stereocenters. The van der Waals surface area contributed by atoms with Crippen molar-refractivity contribution in [3.63, 3.8) is 0 Å². The van der Waals surface area contributed by atoms with Crippen LogP contribution in [0, 0.1) is 0 Å². The number of ether oxygens (including phenoxy) is 1. The lowest BCUT2D eigenvalue weighted by molar-refractivity contribution is -0.160. The van der Waals surface area contributed by atoms with Gasteiger partial charge in [0.15, 0.2) is 6.10 Å². The lowest BCUT2D eigenvalue weighted by atomic mass is 10.1. The van der Waals surface area contributed by atoms with E-state index in [1.165, 1.54) is 0 Å². The molecule has 2 rings (SSSR count). The van der Waals surface area contributed by atoms with Gasteiger partial charge in [0, 0.05) is 17.3 Å². The zero-order valence-corrected chi connectivity index (χ0v) is 11.6. The molecule has 1 N–H and O–H groups in total. The summed E-state index contributed by atoms with van der Waals surface area (Å²) in [6, 6.07) is 6.49. The normalized spacial score (nSPS) is 23.1. The Bertz CT molecular complexity index is 461. The van der Waals surface area contributed by atoms with Crippen LogP contribution in [-0.2, 0) is 9.53 Å². The first-order valence-corrected chi connectivity index (χ1v) is 6.68. The van der Waals surface area contributed by atoms with Crippen LogP contribution < -0.4 is 0 Å². The highest BCUT2D eigenvalue weighted by molar-refractivity contribution is 9.10. The highest BCUT2D eigenvalue weighted by atomic mass is 79.9. The fraction of sp³-hybridized carbons (Fsp3) is 0.462. The zero-order valence-electron chi connectivity index (χ0n) is 9.98. The number of rotatable bonds is 3. The highest BCUT2D eigenvalue weighted by Gasteiger charge is 2.41. The summed E-state index contributed by atoms with van der Waals surface area (Å²) < 4.78 is 31.6. The summed E-state index contributed by atoms with van der Waals surface area (Å²) in [5.41, 5.74) is 0.373. The molecule has 0 radical (unpaired) electrons. The molecular weight excluding hydrogens is 322 g/mol. The van der Waals surface area contributed by atoms with Gasteiger partial charge in [-0.1, -0.05) is 28.1 Å². The second-order valence-corrected chi connectivity index (χ2v) is 5.53. The summed E-state index contributed by atoms with van der Waals surface area (Å²) in [6.45, 7) is 0. The van der Waals surface area contributed by atoms with E-state index in [-0.39, 0.29) is 12.8 Å². The van der Waals surface area contributed by atoms with Crippen LogP contribution in [0.15, 0.2) is 28.7 Å². The average molecular weight is 335 g/mol. The fourth-order valence-electron chi connectivity index (χ4n) is 2.02. The first kappa shape index (κ1) is 14.4. The van der Waals surface area contributed by atoms with Gasteiger partial charge in [0.1, 0.15) is 6.10 Å². The molecule has 1 aromatic carbocycles. The molecule has 0 amide bonds. The van der Waals surface area contributed by atoms with Crippen molar-refractivity contribution in [2.45, 2.75) is 37.4 Å². The first-order valence-electron chi connectivity index (χ1n) is 5.89. The monoisotopic (exact) mass is 334 g/mol. The molecule has 19 heavy (non-hydrogen) atoms. The van der Waals surface area contributed by atoms with Crippen molar-refractivity contribution < 1.29 is 23.4 Å². The minimum atomic E-state index is -2.77. The van der Waals surface area contributed by atoms with Crippen LogP contribution >= 0.6 is 15.9 Å². The third-order valence-corrected chi connectivity index (χ3v) is 3.58. The van der Waals surface area contributed by atoms with Gasteiger partial charge in [0.2, 0.25) is 0 Å². The number of hydrogen-bond donors (Lipinski definition) is 1. The Kier molecular flexibility index (Phi) is 4.20. The topological polar surface area (TPSA) is 46.5 Å². The van der Waals surface area contributed by atoms with Crippen molar-refractivity contribution in [1.29, 1.82) is 0 Å². The summed E-state index contributed by atoms with van der Waals surface area (Å²) in [5.74, 6) is -3.65. The molecule has 1 saturated carbocycles. The lowest BCUT2D eigenvalue weighted by Gasteiger charge is -2.15. The van der Waals surface area contributed by atoms with Crippen molar-refractivity contribution in [2.75, 3.05) is 0 Å². The number of aliphatic hydroxyl groups excluding tert-OH is 1. The molecule has 0 saturated heterocycles. The van der Waals surface area contributed by atoms with Gasteiger partial charge in [0.05, 0.1) is 0 Å². The maximum Gasteiger partial charge on any atom is 0.339 e. The number of benzene rings is 1. The van der Waals surface area contributed by atoms with Gasteiger partial charge >= 0.3 is 5.97 Å². The molecule has 3 nitrogen and oxygen atoms in total. The minimum absolute atomic E-state index is 0.131. The van der Waals surface area contributed by atoms with Crippen LogP contribution in [0.4, 0.5) is 8.78 Å². The predicted molar refractivity (Wildman–Crippen MR) is 67.8 cm³/mol. The van der Waals surface area contributed by atoms with E-state index in [4.69, 9.17) is 4.74 Å². The number of carbonyl (C=O) groups is 1. The second-order valence-electron chi connectivity index (χ2n) is 4.61. The van der Waals surface area contributed by atoms with Gasteiger partial charge < -0.3 is 9.84 Å². The minimum Gasteiger partial charge on any atom is -0.460 e. The third kappa shape index (κ3) is 3.73. The van der Waals surface area contributed by atoms with Crippen LogP contribution in [-0.4, -0.2) is 23.1 Å². The zero-order chi connectivity index (χ0) is 14.0. The Morgan fingerprint density at radius 3 is 2.58 bits per heavy atom.